The van der Waals surface area contributed by atoms with Gasteiger partial charge in [0.1, 0.15) is 11.2 Å². The van der Waals surface area contributed by atoms with Crippen LogP contribution in [-0.4, -0.2) is 65.0 Å². The Morgan fingerprint density at radius 3 is 2.67 bits per heavy atom. The molecule has 0 radical (unpaired) electrons. The van der Waals surface area contributed by atoms with Gasteiger partial charge in [0.15, 0.2) is 0 Å². The Morgan fingerprint density at radius 2 is 1.97 bits per heavy atom. The number of pyridine rings is 1. The summed E-state index contributed by atoms with van der Waals surface area (Å²) in [5.74, 6) is -0.0704. The molecule has 4 rings (SSSR count). The van der Waals surface area contributed by atoms with Gasteiger partial charge < -0.3 is 19.0 Å². The lowest BCUT2D eigenvalue weighted by atomic mass is 10.0. The first-order chi connectivity index (χ1) is 16.0. The van der Waals surface area contributed by atoms with Crippen LogP contribution in [0.1, 0.15) is 29.8 Å². The van der Waals surface area contributed by atoms with Gasteiger partial charge in [-0.3, -0.25) is 4.79 Å². The summed E-state index contributed by atoms with van der Waals surface area (Å²) in [6.45, 7) is 6.51. The molecular formula is C24H29N5O4. The predicted molar refractivity (Wildman–Crippen MR) is 125 cm³/mol. The predicted octanol–water partition coefficient (Wildman–Crippen LogP) is 2.28. The summed E-state index contributed by atoms with van der Waals surface area (Å²) in [4.78, 5) is 42.2. The maximum atomic E-state index is 13.0. The summed E-state index contributed by atoms with van der Waals surface area (Å²) >= 11 is 0. The monoisotopic (exact) mass is 451 g/mol. The fraction of sp³-hybridized carbons (Fsp3) is 0.417. The maximum Gasteiger partial charge on any atom is 0.343 e. The highest BCUT2D eigenvalue weighted by atomic mass is 16.7. The van der Waals surface area contributed by atoms with Crippen molar-refractivity contribution in [3.63, 3.8) is 0 Å². The van der Waals surface area contributed by atoms with Crippen molar-refractivity contribution >= 4 is 23.0 Å². The molecule has 1 aliphatic heterocycles. The molecule has 1 aromatic carbocycles. The van der Waals surface area contributed by atoms with Gasteiger partial charge in [0.2, 0.25) is 11.4 Å². The highest BCUT2D eigenvalue weighted by Crippen LogP contribution is 2.22. The van der Waals surface area contributed by atoms with Crippen LogP contribution in [0.3, 0.4) is 0 Å². The second kappa shape index (κ2) is 10.1. The molecule has 3 aromatic rings. The van der Waals surface area contributed by atoms with Gasteiger partial charge in [-0.15, -0.1) is 0 Å². The third-order valence-electron chi connectivity index (χ3n) is 5.91. The molecule has 0 amide bonds. The standard InChI is InChI=1S/C24H29N5O4/c1-4-27-16-20(23(31)33-5-2)21(30)19-14-25-24(26-22(19)27)29-12-11-28(32-3)15-18(29)13-17-9-7-6-8-10-17/h6-10,14,16,18H,4-5,11-13,15H2,1-3H3. The van der Waals surface area contributed by atoms with Crippen molar-refractivity contribution in [1.82, 2.24) is 19.6 Å². The number of fused-ring (bicyclic) bond motifs is 1. The number of esters is 1. The van der Waals surface area contributed by atoms with Gasteiger partial charge >= 0.3 is 5.97 Å². The van der Waals surface area contributed by atoms with E-state index < -0.39 is 11.4 Å². The second-order valence-corrected chi connectivity index (χ2v) is 7.89. The molecule has 0 saturated carbocycles. The normalized spacial score (nSPS) is 16.8. The number of aromatic nitrogens is 3. The molecule has 1 atom stereocenters. The van der Waals surface area contributed by atoms with Crippen LogP contribution in [0.4, 0.5) is 5.95 Å². The molecule has 0 aliphatic carbocycles. The minimum Gasteiger partial charge on any atom is -0.462 e. The molecule has 174 valence electrons. The number of hydrogen-bond acceptors (Lipinski definition) is 8. The highest BCUT2D eigenvalue weighted by Gasteiger charge is 2.30. The van der Waals surface area contributed by atoms with E-state index in [-0.39, 0.29) is 18.2 Å². The summed E-state index contributed by atoms with van der Waals surface area (Å²) < 4.78 is 6.85. The molecule has 1 saturated heterocycles. The fourth-order valence-corrected chi connectivity index (χ4v) is 4.21. The number of nitrogens with zero attached hydrogens (tertiary/aromatic N) is 5. The van der Waals surface area contributed by atoms with Gasteiger partial charge in [0, 0.05) is 38.6 Å². The summed E-state index contributed by atoms with van der Waals surface area (Å²) in [6.07, 6.45) is 3.87. The summed E-state index contributed by atoms with van der Waals surface area (Å²) in [5, 5.41) is 2.25. The van der Waals surface area contributed by atoms with Crippen molar-refractivity contribution in [1.29, 1.82) is 0 Å². The van der Waals surface area contributed by atoms with Crippen molar-refractivity contribution in [2.75, 3.05) is 38.3 Å². The Kier molecular flexibility index (Phi) is 7.00. The number of benzene rings is 1. The van der Waals surface area contributed by atoms with Crippen LogP contribution in [0, 0.1) is 0 Å². The minimum absolute atomic E-state index is 0.00165. The number of ether oxygens (including phenoxy) is 1. The first kappa shape index (κ1) is 22.9. The van der Waals surface area contributed by atoms with E-state index in [0.717, 1.165) is 6.42 Å². The maximum absolute atomic E-state index is 13.0. The molecule has 9 nitrogen and oxygen atoms in total. The third kappa shape index (κ3) is 4.74. The van der Waals surface area contributed by atoms with E-state index in [1.807, 2.05) is 30.2 Å². The van der Waals surface area contributed by atoms with Gasteiger partial charge in [-0.2, -0.15) is 10.0 Å². The summed E-state index contributed by atoms with van der Waals surface area (Å²) in [5.41, 5.74) is 1.31. The quantitative estimate of drug-likeness (QED) is 0.506. The topological polar surface area (TPSA) is 89.8 Å². The number of anilines is 1. The van der Waals surface area contributed by atoms with Crippen molar-refractivity contribution < 1.29 is 14.4 Å². The average Bonchev–Trinajstić information content (AvgIpc) is 2.85. The first-order valence-electron chi connectivity index (χ1n) is 11.2. The Balaban J connectivity index is 1.73. The van der Waals surface area contributed by atoms with Crippen molar-refractivity contribution in [3.05, 3.63) is 64.1 Å². The first-order valence-corrected chi connectivity index (χ1v) is 11.2. The zero-order chi connectivity index (χ0) is 23.4. The number of carbonyl (C=O) groups is 1. The van der Waals surface area contributed by atoms with Crippen LogP contribution in [0.15, 0.2) is 47.5 Å². The molecule has 1 unspecified atom stereocenters. The SMILES string of the molecule is CCOC(=O)c1cn(CC)c2nc(N3CCN(OC)CC3Cc3ccccc3)ncc2c1=O. The van der Waals surface area contributed by atoms with Crippen molar-refractivity contribution in [3.8, 4) is 0 Å². The minimum atomic E-state index is -0.630. The molecule has 9 heteroatoms. The van der Waals surface area contributed by atoms with Crippen LogP contribution in [-0.2, 0) is 22.5 Å². The third-order valence-corrected chi connectivity index (χ3v) is 5.91. The summed E-state index contributed by atoms with van der Waals surface area (Å²) in [6, 6.07) is 10.4. The van der Waals surface area contributed by atoms with Gasteiger partial charge in [-0.1, -0.05) is 30.3 Å². The number of aryl methyl sites for hydroxylation is 1. The Bertz CT molecular complexity index is 1180. The molecular weight excluding hydrogens is 422 g/mol. The lowest BCUT2D eigenvalue weighted by molar-refractivity contribution is -0.140. The Morgan fingerprint density at radius 1 is 1.18 bits per heavy atom. The molecule has 1 fully saturated rings. The van der Waals surface area contributed by atoms with E-state index in [1.54, 1.807) is 18.6 Å². The van der Waals surface area contributed by atoms with Crippen LogP contribution in [0.5, 0.6) is 0 Å². The Hall–Kier alpha value is -3.30. The van der Waals surface area contributed by atoms with Crippen LogP contribution in [0.25, 0.3) is 11.0 Å². The van der Waals surface area contributed by atoms with E-state index in [9.17, 15) is 9.59 Å². The molecule has 3 heterocycles. The van der Waals surface area contributed by atoms with E-state index in [2.05, 4.69) is 22.0 Å². The second-order valence-electron chi connectivity index (χ2n) is 7.89. The molecule has 0 bridgehead atoms. The molecule has 33 heavy (non-hydrogen) atoms. The van der Waals surface area contributed by atoms with Crippen LogP contribution < -0.4 is 10.3 Å². The molecule has 0 spiro atoms. The fourth-order valence-electron chi connectivity index (χ4n) is 4.21. The van der Waals surface area contributed by atoms with E-state index in [1.165, 1.54) is 18.0 Å². The average molecular weight is 452 g/mol. The van der Waals surface area contributed by atoms with E-state index >= 15 is 0 Å². The van der Waals surface area contributed by atoms with Crippen LogP contribution in [0.2, 0.25) is 0 Å². The largest absolute Gasteiger partial charge is 0.462 e. The number of hydrogen-bond donors (Lipinski definition) is 0. The number of rotatable bonds is 7. The molecule has 0 N–H and O–H groups in total. The Labute approximate surface area is 192 Å². The van der Waals surface area contributed by atoms with Crippen LogP contribution >= 0.6 is 0 Å². The van der Waals surface area contributed by atoms with E-state index in [0.29, 0.717) is 43.2 Å². The highest BCUT2D eigenvalue weighted by molar-refractivity contribution is 5.93. The van der Waals surface area contributed by atoms with Gasteiger partial charge in [0.05, 0.1) is 25.1 Å². The zero-order valence-electron chi connectivity index (χ0n) is 19.2. The smallest absolute Gasteiger partial charge is 0.343 e. The number of hydroxylamine groups is 2. The number of carbonyl (C=O) groups excluding carboxylic acids is 1. The molecule has 1 aliphatic rings. The summed E-state index contributed by atoms with van der Waals surface area (Å²) in [7, 11) is 1.68. The number of piperazine rings is 1. The lowest BCUT2D eigenvalue weighted by Gasteiger charge is -2.40. The van der Waals surface area contributed by atoms with E-state index in [4.69, 9.17) is 14.6 Å². The molecule has 2 aromatic heterocycles. The van der Waals surface area contributed by atoms with Crippen molar-refractivity contribution in [2.45, 2.75) is 32.9 Å². The zero-order valence-corrected chi connectivity index (χ0v) is 19.2. The van der Waals surface area contributed by atoms with Gasteiger partial charge in [-0.25, -0.2) is 9.78 Å². The lowest BCUT2D eigenvalue weighted by Crippen LogP contribution is -2.54. The van der Waals surface area contributed by atoms with Gasteiger partial charge in [0.25, 0.3) is 0 Å². The van der Waals surface area contributed by atoms with Gasteiger partial charge in [-0.05, 0) is 25.8 Å². The van der Waals surface area contributed by atoms with Crippen molar-refractivity contribution in [2.24, 2.45) is 0 Å².